The van der Waals surface area contributed by atoms with Gasteiger partial charge in [-0.05, 0) is 39.2 Å². The minimum absolute atomic E-state index is 0.0764. The number of carbonyl (C=O) groups excluding carboxylic acids is 1. The van der Waals surface area contributed by atoms with Gasteiger partial charge in [-0.25, -0.2) is 9.50 Å². The molecule has 2 aromatic heterocycles. The highest BCUT2D eigenvalue weighted by molar-refractivity contribution is 5.76. The first-order chi connectivity index (χ1) is 12.6. The molecule has 0 saturated carbocycles. The van der Waals surface area contributed by atoms with Crippen LogP contribution in [0, 0.1) is 13.8 Å². The fraction of sp³-hybridized carbons (Fsp3) is 0.667. The SMILES string of the molecule is CCCCCC(C)NC(=O)CCc1c(C)nc2nc(C(F)(F)F)nn2c1C. The van der Waals surface area contributed by atoms with Crippen LogP contribution >= 0.6 is 0 Å². The zero-order valence-corrected chi connectivity index (χ0v) is 16.2. The van der Waals surface area contributed by atoms with Crippen LogP contribution in [0.1, 0.15) is 68.7 Å². The fourth-order valence-electron chi connectivity index (χ4n) is 3.05. The highest BCUT2D eigenvalue weighted by Gasteiger charge is 2.36. The third-order valence-electron chi connectivity index (χ3n) is 4.55. The van der Waals surface area contributed by atoms with Gasteiger partial charge < -0.3 is 5.32 Å². The smallest absolute Gasteiger partial charge is 0.354 e. The molecule has 0 saturated heterocycles. The maximum atomic E-state index is 12.8. The molecule has 150 valence electrons. The number of carbonyl (C=O) groups is 1. The highest BCUT2D eigenvalue weighted by Crippen LogP contribution is 2.27. The number of halogens is 3. The van der Waals surface area contributed by atoms with Crippen molar-refractivity contribution in [2.75, 3.05) is 0 Å². The van der Waals surface area contributed by atoms with Gasteiger partial charge in [-0.15, -0.1) is 5.10 Å². The minimum Gasteiger partial charge on any atom is -0.354 e. The van der Waals surface area contributed by atoms with E-state index in [1.165, 1.54) is 0 Å². The molecule has 1 amide bonds. The normalized spacial score (nSPS) is 13.1. The van der Waals surface area contributed by atoms with E-state index in [2.05, 4.69) is 27.3 Å². The zero-order valence-electron chi connectivity index (χ0n) is 16.2. The van der Waals surface area contributed by atoms with Crippen molar-refractivity contribution in [3.05, 3.63) is 22.8 Å². The Labute approximate surface area is 156 Å². The lowest BCUT2D eigenvalue weighted by Gasteiger charge is -2.14. The summed E-state index contributed by atoms with van der Waals surface area (Å²) < 4.78 is 39.6. The number of aryl methyl sites for hydroxylation is 2. The summed E-state index contributed by atoms with van der Waals surface area (Å²) in [6.45, 7) is 7.48. The molecule has 2 aromatic rings. The Morgan fingerprint density at radius 2 is 1.93 bits per heavy atom. The summed E-state index contributed by atoms with van der Waals surface area (Å²) in [5.41, 5.74) is 1.80. The van der Waals surface area contributed by atoms with Crippen molar-refractivity contribution in [1.82, 2.24) is 24.9 Å². The largest absolute Gasteiger partial charge is 0.453 e. The molecule has 2 rings (SSSR count). The average Bonchev–Trinajstić information content (AvgIpc) is 2.99. The number of unbranched alkanes of at least 4 members (excludes halogenated alkanes) is 2. The second-order valence-corrected chi connectivity index (χ2v) is 6.87. The predicted octanol–water partition coefficient (Wildman–Crippen LogP) is 3.78. The number of hydrogen-bond acceptors (Lipinski definition) is 4. The van der Waals surface area contributed by atoms with Gasteiger partial charge in [-0.3, -0.25) is 4.79 Å². The molecule has 0 aliphatic heterocycles. The van der Waals surface area contributed by atoms with Gasteiger partial charge in [0.15, 0.2) is 0 Å². The van der Waals surface area contributed by atoms with Crippen molar-refractivity contribution >= 4 is 11.7 Å². The van der Waals surface area contributed by atoms with Crippen molar-refractivity contribution < 1.29 is 18.0 Å². The topological polar surface area (TPSA) is 72.2 Å². The number of alkyl halides is 3. The van der Waals surface area contributed by atoms with Crippen molar-refractivity contribution in [3.63, 3.8) is 0 Å². The monoisotopic (exact) mass is 385 g/mol. The molecule has 0 aliphatic rings. The molecular formula is C18H26F3N5O. The molecule has 1 atom stereocenters. The second-order valence-electron chi connectivity index (χ2n) is 6.87. The van der Waals surface area contributed by atoms with Crippen LogP contribution in [0.2, 0.25) is 0 Å². The van der Waals surface area contributed by atoms with E-state index in [9.17, 15) is 18.0 Å². The van der Waals surface area contributed by atoms with E-state index in [0.29, 0.717) is 17.8 Å². The van der Waals surface area contributed by atoms with E-state index in [1.807, 2.05) is 6.92 Å². The molecule has 0 fully saturated rings. The molecule has 0 aliphatic carbocycles. The quantitative estimate of drug-likeness (QED) is 0.702. The van der Waals surface area contributed by atoms with Gasteiger partial charge in [0.05, 0.1) is 0 Å². The van der Waals surface area contributed by atoms with E-state index >= 15 is 0 Å². The molecule has 2 heterocycles. The van der Waals surface area contributed by atoms with Crippen LogP contribution in [-0.4, -0.2) is 31.5 Å². The summed E-state index contributed by atoms with van der Waals surface area (Å²) in [7, 11) is 0. The van der Waals surface area contributed by atoms with Crippen LogP contribution in [-0.2, 0) is 17.4 Å². The van der Waals surface area contributed by atoms with Gasteiger partial charge in [0, 0.05) is 23.9 Å². The predicted molar refractivity (Wildman–Crippen MR) is 95.3 cm³/mol. The van der Waals surface area contributed by atoms with E-state index < -0.39 is 12.0 Å². The molecule has 9 heteroatoms. The number of nitrogens with zero attached hydrogens (tertiary/aromatic N) is 4. The van der Waals surface area contributed by atoms with Gasteiger partial charge in [-0.1, -0.05) is 26.2 Å². The molecule has 0 aromatic carbocycles. The number of rotatable bonds is 8. The Morgan fingerprint density at radius 1 is 1.22 bits per heavy atom. The van der Waals surface area contributed by atoms with E-state index in [4.69, 9.17) is 0 Å². The number of aromatic nitrogens is 4. The first-order valence-electron chi connectivity index (χ1n) is 9.22. The van der Waals surface area contributed by atoms with Gasteiger partial charge in [0.1, 0.15) is 0 Å². The maximum Gasteiger partial charge on any atom is 0.453 e. The maximum absolute atomic E-state index is 12.8. The molecule has 1 unspecified atom stereocenters. The molecule has 0 radical (unpaired) electrons. The van der Waals surface area contributed by atoms with Crippen LogP contribution in [0.25, 0.3) is 5.78 Å². The molecule has 6 nitrogen and oxygen atoms in total. The molecule has 27 heavy (non-hydrogen) atoms. The lowest BCUT2D eigenvalue weighted by Crippen LogP contribution is -2.32. The Balaban J connectivity index is 2.07. The minimum atomic E-state index is -4.62. The van der Waals surface area contributed by atoms with Crippen molar-refractivity contribution in [3.8, 4) is 0 Å². The summed E-state index contributed by atoms with van der Waals surface area (Å²) in [5.74, 6) is -1.38. The summed E-state index contributed by atoms with van der Waals surface area (Å²) in [5, 5.41) is 6.49. The van der Waals surface area contributed by atoms with Gasteiger partial charge >= 0.3 is 6.18 Å². The summed E-state index contributed by atoms with van der Waals surface area (Å²) in [6, 6.07) is 0.108. The van der Waals surface area contributed by atoms with Gasteiger partial charge in [0.2, 0.25) is 5.91 Å². The van der Waals surface area contributed by atoms with Gasteiger partial charge in [-0.2, -0.15) is 18.2 Å². The summed E-state index contributed by atoms with van der Waals surface area (Å²) in [4.78, 5) is 19.7. The number of hydrogen-bond donors (Lipinski definition) is 1. The lowest BCUT2D eigenvalue weighted by atomic mass is 10.1. The van der Waals surface area contributed by atoms with Crippen LogP contribution in [0.5, 0.6) is 0 Å². The molecule has 1 N–H and O–H groups in total. The fourth-order valence-corrected chi connectivity index (χ4v) is 3.05. The summed E-state index contributed by atoms with van der Waals surface area (Å²) in [6.07, 6.45) is 0.287. The zero-order chi connectivity index (χ0) is 20.2. The van der Waals surface area contributed by atoms with E-state index in [0.717, 1.165) is 35.8 Å². The number of fused-ring (bicyclic) bond motifs is 1. The Hall–Kier alpha value is -2.19. The first-order valence-corrected chi connectivity index (χ1v) is 9.22. The number of nitrogens with one attached hydrogen (secondary N) is 1. The van der Waals surface area contributed by atoms with Crippen LogP contribution in [0.4, 0.5) is 13.2 Å². The Morgan fingerprint density at radius 3 is 2.56 bits per heavy atom. The second kappa shape index (κ2) is 8.67. The van der Waals surface area contributed by atoms with E-state index in [-0.39, 0.29) is 24.1 Å². The molecule has 0 bridgehead atoms. The van der Waals surface area contributed by atoms with Crippen molar-refractivity contribution in [2.24, 2.45) is 0 Å². The van der Waals surface area contributed by atoms with E-state index in [1.54, 1.807) is 13.8 Å². The lowest BCUT2D eigenvalue weighted by molar-refractivity contribution is -0.144. The third kappa shape index (κ3) is 5.40. The Bertz CT molecular complexity index is 800. The molecular weight excluding hydrogens is 359 g/mol. The van der Waals surface area contributed by atoms with Crippen LogP contribution in [0.15, 0.2) is 0 Å². The van der Waals surface area contributed by atoms with Crippen LogP contribution < -0.4 is 5.32 Å². The summed E-state index contributed by atoms with van der Waals surface area (Å²) >= 11 is 0. The number of amides is 1. The van der Waals surface area contributed by atoms with Gasteiger partial charge in [0.25, 0.3) is 11.6 Å². The highest BCUT2D eigenvalue weighted by atomic mass is 19.4. The van der Waals surface area contributed by atoms with Crippen molar-refractivity contribution in [1.29, 1.82) is 0 Å². The average molecular weight is 385 g/mol. The third-order valence-corrected chi connectivity index (χ3v) is 4.55. The van der Waals surface area contributed by atoms with Crippen LogP contribution in [0.3, 0.4) is 0 Å². The van der Waals surface area contributed by atoms with Crippen molar-refractivity contribution in [2.45, 2.75) is 78.4 Å². The standard InChI is InChI=1S/C18H26F3N5O/c1-5-6-7-8-11(2)22-15(27)10-9-14-12(3)23-17-24-16(18(19,20)21)25-26(17)13(14)4/h11H,5-10H2,1-4H3,(H,22,27). The Kier molecular flexibility index (Phi) is 6.78. The molecule has 0 spiro atoms. The first kappa shape index (κ1) is 21.1.